The van der Waals surface area contributed by atoms with Gasteiger partial charge in [0.15, 0.2) is 11.5 Å². The summed E-state index contributed by atoms with van der Waals surface area (Å²) >= 11 is 6.01. The first-order chi connectivity index (χ1) is 7.75. The maximum atomic E-state index is 6.01. The zero-order chi connectivity index (χ0) is 11.6. The topological polar surface area (TPSA) is 27.7 Å². The Balaban J connectivity index is 2.35. The Labute approximate surface area is 100 Å². The fourth-order valence-corrected chi connectivity index (χ4v) is 2.14. The van der Waals surface area contributed by atoms with E-state index in [0.717, 1.165) is 17.1 Å². The lowest BCUT2D eigenvalue weighted by atomic mass is 9.80. The lowest BCUT2D eigenvalue weighted by Gasteiger charge is -2.40. The number of ether oxygens (including phenoxy) is 3. The first kappa shape index (κ1) is 11.6. The monoisotopic (exact) mass is 242 g/mol. The number of hydrogen-bond acceptors (Lipinski definition) is 3. The number of rotatable bonds is 4. The third-order valence-electron chi connectivity index (χ3n) is 3.01. The molecule has 0 aromatic heterocycles. The predicted molar refractivity (Wildman–Crippen MR) is 62.8 cm³/mol. The number of benzene rings is 1. The summed E-state index contributed by atoms with van der Waals surface area (Å²) in [7, 11) is 3.26. The molecule has 0 saturated carbocycles. The van der Waals surface area contributed by atoms with Crippen molar-refractivity contribution < 1.29 is 14.2 Å². The van der Waals surface area contributed by atoms with Crippen molar-refractivity contribution in [2.24, 2.45) is 0 Å². The third-order valence-corrected chi connectivity index (χ3v) is 3.52. The molecule has 0 bridgehead atoms. The van der Waals surface area contributed by atoms with Crippen LogP contribution in [0.2, 0.25) is 0 Å². The molecule has 1 fully saturated rings. The minimum atomic E-state index is -0.0545. The number of methoxy groups -OCH3 is 2. The summed E-state index contributed by atoms with van der Waals surface area (Å²) in [6, 6.07) is 5.90. The normalized spacial score (nSPS) is 17.7. The van der Waals surface area contributed by atoms with Crippen molar-refractivity contribution in [1.29, 1.82) is 0 Å². The molecular weight excluding hydrogens is 228 g/mol. The molecule has 1 heterocycles. The van der Waals surface area contributed by atoms with Crippen molar-refractivity contribution in [3.8, 4) is 11.5 Å². The summed E-state index contributed by atoms with van der Waals surface area (Å²) in [5.74, 6) is 2.02. The van der Waals surface area contributed by atoms with Crippen LogP contribution in [0.4, 0.5) is 0 Å². The van der Waals surface area contributed by atoms with Crippen LogP contribution in [0.1, 0.15) is 5.56 Å². The Bertz CT molecular complexity index is 369. The van der Waals surface area contributed by atoms with Crippen molar-refractivity contribution in [3.05, 3.63) is 23.8 Å². The smallest absolute Gasteiger partial charge is 0.161 e. The molecule has 2 rings (SSSR count). The molecule has 0 spiro atoms. The largest absolute Gasteiger partial charge is 0.493 e. The highest BCUT2D eigenvalue weighted by Gasteiger charge is 2.40. The molecule has 1 saturated heterocycles. The van der Waals surface area contributed by atoms with Gasteiger partial charge in [-0.1, -0.05) is 6.07 Å². The van der Waals surface area contributed by atoms with Gasteiger partial charge in [-0.25, -0.2) is 0 Å². The van der Waals surface area contributed by atoms with Crippen molar-refractivity contribution in [2.75, 3.05) is 33.3 Å². The number of alkyl halides is 1. The number of hydrogen-bond donors (Lipinski definition) is 0. The van der Waals surface area contributed by atoms with Crippen molar-refractivity contribution in [1.82, 2.24) is 0 Å². The van der Waals surface area contributed by atoms with Gasteiger partial charge in [0, 0.05) is 5.88 Å². The molecule has 0 unspecified atom stereocenters. The van der Waals surface area contributed by atoms with E-state index in [1.54, 1.807) is 14.2 Å². The second-order valence-corrected chi connectivity index (χ2v) is 4.24. The van der Waals surface area contributed by atoms with E-state index < -0.39 is 0 Å². The van der Waals surface area contributed by atoms with Crippen LogP contribution in [0.5, 0.6) is 11.5 Å². The Hall–Kier alpha value is -0.930. The number of halogens is 1. The second kappa shape index (κ2) is 4.52. The van der Waals surface area contributed by atoms with E-state index in [1.807, 2.05) is 18.2 Å². The minimum absolute atomic E-state index is 0.0545. The van der Waals surface area contributed by atoms with E-state index in [9.17, 15) is 0 Å². The molecule has 4 heteroatoms. The zero-order valence-electron chi connectivity index (χ0n) is 9.46. The van der Waals surface area contributed by atoms with Crippen LogP contribution < -0.4 is 9.47 Å². The van der Waals surface area contributed by atoms with E-state index in [0.29, 0.717) is 19.1 Å². The molecule has 3 nitrogen and oxygen atoms in total. The van der Waals surface area contributed by atoms with Gasteiger partial charge in [0.05, 0.1) is 32.8 Å². The molecular formula is C12H15ClO3. The van der Waals surface area contributed by atoms with E-state index in [2.05, 4.69) is 0 Å². The highest BCUT2D eigenvalue weighted by molar-refractivity contribution is 6.18. The minimum Gasteiger partial charge on any atom is -0.493 e. The van der Waals surface area contributed by atoms with E-state index in [4.69, 9.17) is 25.8 Å². The first-order valence-corrected chi connectivity index (χ1v) is 5.65. The molecule has 1 aliphatic rings. The van der Waals surface area contributed by atoms with Crippen LogP contribution in [0.25, 0.3) is 0 Å². The van der Waals surface area contributed by atoms with Gasteiger partial charge >= 0.3 is 0 Å². The Kier molecular flexibility index (Phi) is 3.26. The SMILES string of the molecule is COc1ccc(C2(CCl)COC2)cc1OC. The van der Waals surface area contributed by atoms with E-state index >= 15 is 0 Å². The Morgan fingerprint density at radius 1 is 1.25 bits per heavy atom. The maximum Gasteiger partial charge on any atom is 0.161 e. The third kappa shape index (κ3) is 1.74. The van der Waals surface area contributed by atoms with Gasteiger partial charge in [-0.2, -0.15) is 0 Å². The average molecular weight is 243 g/mol. The van der Waals surface area contributed by atoms with Crippen LogP contribution in [0, 0.1) is 0 Å². The highest BCUT2D eigenvalue weighted by atomic mass is 35.5. The molecule has 16 heavy (non-hydrogen) atoms. The van der Waals surface area contributed by atoms with Gasteiger partial charge < -0.3 is 14.2 Å². The van der Waals surface area contributed by atoms with Crippen LogP contribution in [0.15, 0.2) is 18.2 Å². The highest BCUT2D eigenvalue weighted by Crippen LogP contribution is 2.38. The molecule has 0 atom stereocenters. The zero-order valence-corrected chi connectivity index (χ0v) is 10.2. The Morgan fingerprint density at radius 2 is 1.94 bits per heavy atom. The standard InChI is InChI=1S/C12H15ClO3/c1-14-10-4-3-9(5-11(10)15-2)12(6-13)7-16-8-12/h3-5H,6-8H2,1-2H3. The van der Waals surface area contributed by atoms with Crippen LogP contribution in [-0.4, -0.2) is 33.3 Å². The molecule has 1 aromatic rings. The maximum absolute atomic E-state index is 6.01. The van der Waals surface area contributed by atoms with Crippen molar-refractivity contribution in [2.45, 2.75) is 5.41 Å². The van der Waals surface area contributed by atoms with Crippen molar-refractivity contribution >= 4 is 11.6 Å². The quantitative estimate of drug-likeness (QED) is 0.758. The molecule has 1 aromatic carbocycles. The molecule has 0 radical (unpaired) electrons. The molecule has 1 aliphatic heterocycles. The van der Waals surface area contributed by atoms with Crippen LogP contribution in [-0.2, 0) is 10.2 Å². The lowest BCUT2D eigenvalue weighted by molar-refractivity contribution is -0.0480. The van der Waals surface area contributed by atoms with Gasteiger partial charge in [0.2, 0.25) is 0 Å². The van der Waals surface area contributed by atoms with Gasteiger partial charge in [0.25, 0.3) is 0 Å². The van der Waals surface area contributed by atoms with Gasteiger partial charge in [-0.3, -0.25) is 0 Å². The molecule has 0 N–H and O–H groups in total. The first-order valence-electron chi connectivity index (χ1n) is 5.12. The van der Waals surface area contributed by atoms with Gasteiger partial charge in [-0.15, -0.1) is 11.6 Å². The fourth-order valence-electron chi connectivity index (χ4n) is 1.84. The van der Waals surface area contributed by atoms with Gasteiger partial charge in [-0.05, 0) is 17.7 Å². The molecule has 0 aliphatic carbocycles. The second-order valence-electron chi connectivity index (χ2n) is 3.98. The summed E-state index contributed by atoms with van der Waals surface area (Å²) in [6.45, 7) is 1.35. The molecule has 88 valence electrons. The summed E-state index contributed by atoms with van der Waals surface area (Å²) in [4.78, 5) is 0. The summed E-state index contributed by atoms with van der Waals surface area (Å²) in [6.07, 6.45) is 0. The van der Waals surface area contributed by atoms with Crippen molar-refractivity contribution in [3.63, 3.8) is 0 Å². The van der Waals surface area contributed by atoms with E-state index in [-0.39, 0.29) is 5.41 Å². The van der Waals surface area contributed by atoms with Gasteiger partial charge in [0.1, 0.15) is 0 Å². The Morgan fingerprint density at radius 3 is 2.38 bits per heavy atom. The summed E-state index contributed by atoms with van der Waals surface area (Å²) in [5.41, 5.74) is 1.09. The molecule has 0 amide bonds. The fraction of sp³-hybridized carbons (Fsp3) is 0.500. The summed E-state index contributed by atoms with van der Waals surface area (Å²) < 4.78 is 15.7. The lowest BCUT2D eigenvalue weighted by Crippen LogP contribution is -2.48. The van der Waals surface area contributed by atoms with Crippen LogP contribution in [0.3, 0.4) is 0 Å². The van der Waals surface area contributed by atoms with Crippen LogP contribution >= 0.6 is 11.6 Å². The average Bonchev–Trinajstić information content (AvgIpc) is 2.28. The summed E-state index contributed by atoms with van der Waals surface area (Å²) in [5, 5.41) is 0. The van der Waals surface area contributed by atoms with E-state index in [1.165, 1.54) is 0 Å². The predicted octanol–water partition coefficient (Wildman–Crippen LogP) is 2.21.